The lowest BCUT2D eigenvalue weighted by atomic mass is 9.63. The maximum Gasteiger partial charge on any atom is 0.313 e. The van der Waals surface area contributed by atoms with Crippen molar-refractivity contribution in [3.05, 3.63) is 71.8 Å². The third kappa shape index (κ3) is 3.82. The predicted molar refractivity (Wildman–Crippen MR) is 105 cm³/mol. The van der Waals surface area contributed by atoms with E-state index < -0.39 is 5.41 Å². The van der Waals surface area contributed by atoms with Crippen molar-refractivity contribution in [2.75, 3.05) is 0 Å². The van der Waals surface area contributed by atoms with Crippen molar-refractivity contribution in [2.45, 2.75) is 51.2 Å². The Kier molecular flexibility index (Phi) is 5.47. The summed E-state index contributed by atoms with van der Waals surface area (Å²) in [6.07, 6.45) is 4.32. The zero-order valence-electron chi connectivity index (χ0n) is 16.0. The molecular formula is C24H26O4. The van der Waals surface area contributed by atoms with Crippen molar-refractivity contribution >= 4 is 11.9 Å². The first-order valence-electron chi connectivity index (χ1n) is 10.1. The summed E-state index contributed by atoms with van der Waals surface area (Å²) in [4.78, 5) is 25.3. The minimum absolute atomic E-state index is 0.0817. The summed E-state index contributed by atoms with van der Waals surface area (Å²) in [7, 11) is 0. The van der Waals surface area contributed by atoms with E-state index in [-0.39, 0.29) is 37.0 Å². The van der Waals surface area contributed by atoms with Gasteiger partial charge >= 0.3 is 11.9 Å². The molecule has 1 aliphatic heterocycles. The van der Waals surface area contributed by atoms with Crippen molar-refractivity contribution in [1.82, 2.24) is 0 Å². The second-order valence-electron chi connectivity index (χ2n) is 7.96. The number of carbonyl (C=O) groups excluding carboxylic acids is 2. The Bertz CT molecular complexity index is 817. The van der Waals surface area contributed by atoms with Crippen molar-refractivity contribution in [3.8, 4) is 0 Å². The molecule has 1 saturated heterocycles. The Balaban J connectivity index is 1.44. The van der Waals surface area contributed by atoms with E-state index in [0.717, 1.165) is 36.8 Å². The van der Waals surface area contributed by atoms with Gasteiger partial charge in [-0.25, -0.2) is 0 Å². The van der Waals surface area contributed by atoms with E-state index >= 15 is 0 Å². The molecule has 2 aliphatic rings. The van der Waals surface area contributed by atoms with Crippen LogP contribution in [0.5, 0.6) is 0 Å². The normalized spacial score (nSPS) is 26.4. The zero-order valence-corrected chi connectivity index (χ0v) is 16.0. The van der Waals surface area contributed by atoms with E-state index in [9.17, 15) is 9.59 Å². The minimum atomic E-state index is -0.496. The van der Waals surface area contributed by atoms with Gasteiger partial charge in [0, 0.05) is 5.92 Å². The van der Waals surface area contributed by atoms with Gasteiger partial charge in [0.15, 0.2) is 0 Å². The average Bonchev–Trinajstić information content (AvgIpc) is 2.99. The smallest absolute Gasteiger partial charge is 0.313 e. The maximum absolute atomic E-state index is 12.9. The molecule has 0 radical (unpaired) electrons. The van der Waals surface area contributed by atoms with Gasteiger partial charge in [-0.05, 0) is 30.4 Å². The Morgan fingerprint density at radius 1 is 1.00 bits per heavy atom. The number of cyclic esters (lactones) is 1. The summed E-state index contributed by atoms with van der Waals surface area (Å²) in [6.45, 7) is 0.250. The molecule has 146 valence electrons. The Hall–Kier alpha value is -2.62. The topological polar surface area (TPSA) is 52.6 Å². The standard InChI is InChI=1S/C24H26O4/c25-22(27-17-19-11-5-2-6-12-19)15-21-20-13-7-8-14-24(20,23(26)28-21)16-18-9-3-1-4-10-18/h1-6,9-12,20-21H,7-8,13-17H2/t20?,21-,24?/m1/s1. The summed E-state index contributed by atoms with van der Waals surface area (Å²) >= 11 is 0. The molecule has 28 heavy (non-hydrogen) atoms. The van der Waals surface area contributed by atoms with Gasteiger partial charge in [-0.1, -0.05) is 73.5 Å². The predicted octanol–water partition coefficient (Wildman–Crippen LogP) is 4.46. The Labute approximate surface area is 165 Å². The van der Waals surface area contributed by atoms with Crippen LogP contribution in [-0.4, -0.2) is 18.0 Å². The second-order valence-corrected chi connectivity index (χ2v) is 7.96. The van der Waals surface area contributed by atoms with Crippen LogP contribution in [0.15, 0.2) is 60.7 Å². The number of esters is 2. The van der Waals surface area contributed by atoms with Gasteiger partial charge in [-0.3, -0.25) is 9.59 Å². The molecule has 0 spiro atoms. The number of hydrogen-bond acceptors (Lipinski definition) is 4. The third-order valence-electron chi connectivity index (χ3n) is 6.18. The molecule has 1 heterocycles. The minimum Gasteiger partial charge on any atom is -0.461 e. The number of benzene rings is 2. The van der Waals surface area contributed by atoms with Crippen LogP contribution in [0, 0.1) is 11.3 Å². The van der Waals surface area contributed by atoms with Crippen LogP contribution in [0.4, 0.5) is 0 Å². The van der Waals surface area contributed by atoms with E-state index in [1.165, 1.54) is 0 Å². The summed E-state index contributed by atoms with van der Waals surface area (Å²) in [5.41, 5.74) is 1.61. The first-order valence-corrected chi connectivity index (χ1v) is 10.1. The molecule has 4 rings (SSSR count). The summed E-state index contributed by atoms with van der Waals surface area (Å²) < 4.78 is 11.2. The molecule has 2 unspecified atom stereocenters. The van der Waals surface area contributed by atoms with Crippen LogP contribution >= 0.6 is 0 Å². The van der Waals surface area contributed by atoms with Crippen molar-refractivity contribution in [1.29, 1.82) is 0 Å². The van der Waals surface area contributed by atoms with Crippen LogP contribution in [0.3, 0.4) is 0 Å². The monoisotopic (exact) mass is 378 g/mol. The van der Waals surface area contributed by atoms with Gasteiger partial charge in [0.1, 0.15) is 12.7 Å². The van der Waals surface area contributed by atoms with Gasteiger partial charge < -0.3 is 9.47 Å². The highest BCUT2D eigenvalue weighted by Gasteiger charge is 2.57. The lowest BCUT2D eigenvalue weighted by Gasteiger charge is -2.36. The number of hydrogen-bond donors (Lipinski definition) is 0. The van der Waals surface area contributed by atoms with E-state index in [0.29, 0.717) is 6.42 Å². The van der Waals surface area contributed by atoms with Crippen LogP contribution in [-0.2, 0) is 32.1 Å². The van der Waals surface area contributed by atoms with Gasteiger partial charge in [0.25, 0.3) is 0 Å². The number of rotatable bonds is 6. The van der Waals surface area contributed by atoms with Crippen LogP contribution in [0.1, 0.15) is 43.2 Å². The fraction of sp³-hybridized carbons (Fsp3) is 0.417. The Morgan fingerprint density at radius 2 is 1.68 bits per heavy atom. The molecule has 3 atom stereocenters. The number of fused-ring (bicyclic) bond motifs is 1. The fourth-order valence-corrected chi connectivity index (χ4v) is 4.80. The Morgan fingerprint density at radius 3 is 2.39 bits per heavy atom. The van der Waals surface area contributed by atoms with Gasteiger partial charge in [0.2, 0.25) is 0 Å². The molecule has 1 saturated carbocycles. The van der Waals surface area contributed by atoms with Crippen LogP contribution in [0.2, 0.25) is 0 Å². The molecule has 0 N–H and O–H groups in total. The molecule has 4 nitrogen and oxygen atoms in total. The molecule has 2 fully saturated rings. The van der Waals surface area contributed by atoms with E-state index in [4.69, 9.17) is 9.47 Å². The lowest BCUT2D eigenvalue weighted by Crippen LogP contribution is -2.40. The number of ether oxygens (including phenoxy) is 2. The highest BCUT2D eigenvalue weighted by atomic mass is 16.6. The summed E-state index contributed by atoms with van der Waals surface area (Å²) in [6, 6.07) is 19.7. The van der Waals surface area contributed by atoms with Gasteiger partial charge in [0.05, 0.1) is 11.8 Å². The molecule has 0 bridgehead atoms. The molecule has 1 aliphatic carbocycles. The largest absolute Gasteiger partial charge is 0.461 e. The quantitative estimate of drug-likeness (QED) is 0.696. The highest BCUT2D eigenvalue weighted by Crippen LogP contribution is 2.52. The molecule has 2 aromatic rings. The highest BCUT2D eigenvalue weighted by molar-refractivity contribution is 5.81. The molecular weight excluding hydrogens is 352 g/mol. The molecule has 4 heteroatoms. The average molecular weight is 378 g/mol. The van der Waals surface area contributed by atoms with Crippen molar-refractivity contribution < 1.29 is 19.1 Å². The van der Waals surface area contributed by atoms with Gasteiger partial charge in [-0.15, -0.1) is 0 Å². The third-order valence-corrected chi connectivity index (χ3v) is 6.18. The first-order chi connectivity index (χ1) is 13.7. The van der Waals surface area contributed by atoms with Crippen LogP contribution < -0.4 is 0 Å². The van der Waals surface area contributed by atoms with Gasteiger partial charge in [-0.2, -0.15) is 0 Å². The van der Waals surface area contributed by atoms with E-state index in [2.05, 4.69) is 12.1 Å². The molecule has 0 aromatic heterocycles. The van der Waals surface area contributed by atoms with Crippen molar-refractivity contribution in [2.24, 2.45) is 11.3 Å². The second kappa shape index (κ2) is 8.17. The molecule has 0 amide bonds. The maximum atomic E-state index is 12.9. The number of carbonyl (C=O) groups is 2. The first kappa shape index (κ1) is 18.7. The molecule has 2 aromatic carbocycles. The fourth-order valence-electron chi connectivity index (χ4n) is 4.80. The lowest BCUT2D eigenvalue weighted by molar-refractivity contribution is -0.153. The van der Waals surface area contributed by atoms with Crippen molar-refractivity contribution in [3.63, 3.8) is 0 Å². The van der Waals surface area contributed by atoms with Crippen LogP contribution in [0.25, 0.3) is 0 Å². The summed E-state index contributed by atoms with van der Waals surface area (Å²) in [5, 5.41) is 0. The summed E-state index contributed by atoms with van der Waals surface area (Å²) in [5.74, 6) is -0.358. The SMILES string of the molecule is O=C(C[C@H]1OC(=O)C2(Cc3ccccc3)CCCCC12)OCc1ccccc1. The van der Waals surface area contributed by atoms with E-state index in [1.54, 1.807) is 0 Å². The zero-order chi connectivity index (χ0) is 19.4. The van der Waals surface area contributed by atoms with E-state index in [1.807, 2.05) is 48.5 Å².